The molecule has 0 aliphatic rings. The summed E-state index contributed by atoms with van der Waals surface area (Å²) < 4.78 is 1.18. The predicted molar refractivity (Wildman–Crippen MR) is 63.6 cm³/mol. The fourth-order valence-electron chi connectivity index (χ4n) is 1.48. The molecular weight excluding hydrogens is 240 g/mol. The highest BCUT2D eigenvalue weighted by molar-refractivity contribution is 9.10. The Bertz CT molecular complexity index is 294. The molecule has 14 heavy (non-hydrogen) atoms. The standard InChI is InChI=1S/C12H17BrO/c1-9(2)11-6-5-10(4-3-7-14)8-12(11)13/h5-6,8-9,14H,3-4,7H2,1-2H3. The van der Waals surface area contributed by atoms with Crippen LogP contribution in [0.2, 0.25) is 0 Å². The van der Waals surface area contributed by atoms with E-state index in [1.165, 1.54) is 15.6 Å². The lowest BCUT2D eigenvalue weighted by atomic mass is 10.0. The maximum absolute atomic E-state index is 8.73. The van der Waals surface area contributed by atoms with Crippen LogP contribution in [0.1, 0.15) is 37.3 Å². The van der Waals surface area contributed by atoms with Crippen LogP contribution in [0.15, 0.2) is 22.7 Å². The molecule has 0 bridgehead atoms. The molecule has 1 aromatic rings. The monoisotopic (exact) mass is 256 g/mol. The second kappa shape index (κ2) is 5.52. The molecule has 1 rings (SSSR count). The van der Waals surface area contributed by atoms with Gasteiger partial charge in [0.1, 0.15) is 0 Å². The zero-order chi connectivity index (χ0) is 10.6. The summed E-state index contributed by atoms with van der Waals surface area (Å²) in [6, 6.07) is 6.47. The van der Waals surface area contributed by atoms with Crippen molar-refractivity contribution in [3.05, 3.63) is 33.8 Å². The van der Waals surface area contributed by atoms with E-state index in [0.29, 0.717) is 5.92 Å². The summed E-state index contributed by atoms with van der Waals surface area (Å²) in [5, 5.41) is 8.73. The number of rotatable bonds is 4. The SMILES string of the molecule is CC(C)c1ccc(CCCO)cc1Br. The largest absolute Gasteiger partial charge is 0.396 e. The normalized spacial score (nSPS) is 10.9. The molecule has 78 valence electrons. The summed E-state index contributed by atoms with van der Waals surface area (Å²) in [4.78, 5) is 0. The van der Waals surface area contributed by atoms with Crippen molar-refractivity contribution in [2.24, 2.45) is 0 Å². The number of aliphatic hydroxyl groups is 1. The highest BCUT2D eigenvalue weighted by Gasteiger charge is 2.04. The summed E-state index contributed by atoms with van der Waals surface area (Å²) in [5.74, 6) is 0.552. The van der Waals surface area contributed by atoms with Crippen LogP contribution in [0.5, 0.6) is 0 Å². The van der Waals surface area contributed by atoms with Gasteiger partial charge in [-0.15, -0.1) is 0 Å². The number of hydrogen-bond acceptors (Lipinski definition) is 1. The minimum atomic E-state index is 0.267. The number of hydrogen-bond donors (Lipinski definition) is 1. The van der Waals surface area contributed by atoms with Crippen molar-refractivity contribution >= 4 is 15.9 Å². The average molecular weight is 257 g/mol. The molecule has 0 radical (unpaired) electrons. The zero-order valence-corrected chi connectivity index (χ0v) is 10.3. The van der Waals surface area contributed by atoms with E-state index in [4.69, 9.17) is 5.11 Å². The van der Waals surface area contributed by atoms with E-state index in [0.717, 1.165) is 12.8 Å². The predicted octanol–water partition coefficient (Wildman–Crippen LogP) is 3.50. The van der Waals surface area contributed by atoms with Crippen molar-refractivity contribution in [1.29, 1.82) is 0 Å². The van der Waals surface area contributed by atoms with Gasteiger partial charge in [0.15, 0.2) is 0 Å². The maximum Gasteiger partial charge on any atom is 0.0434 e. The number of aliphatic hydroxyl groups excluding tert-OH is 1. The molecule has 0 heterocycles. The fraction of sp³-hybridized carbons (Fsp3) is 0.500. The van der Waals surface area contributed by atoms with Gasteiger partial charge in [-0.3, -0.25) is 0 Å². The van der Waals surface area contributed by atoms with Gasteiger partial charge in [0, 0.05) is 11.1 Å². The van der Waals surface area contributed by atoms with Crippen LogP contribution in [0.25, 0.3) is 0 Å². The van der Waals surface area contributed by atoms with Gasteiger partial charge >= 0.3 is 0 Å². The number of halogens is 1. The molecular formula is C12H17BrO. The van der Waals surface area contributed by atoms with E-state index in [-0.39, 0.29) is 6.61 Å². The minimum Gasteiger partial charge on any atom is -0.396 e. The first kappa shape index (κ1) is 11.7. The quantitative estimate of drug-likeness (QED) is 0.875. The van der Waals surface area contributed by atoms with Gasteiger partial charge in [0.25, 0.3) is 0 Å². The zero-order valence-electron chi connectivity index (χ0n) is 8.76. The van der Waals surface area contributed by atoms with Gasteiger partial charge in [-0.05, 0) is 36.0 Å². The third kappa shape index (κ3) is 3.10. The summed E-state index contributed by atoms with van der Waals surface area (Å²) >= 11 is 3.58. The molecule has 0 atom stereocenters. The lowest BCUT2D eigenvalue weighted by molar-refractivity contribution is 0.288. The van der Waals surface area contributed by atoms with Crippen LogP contribution >= 0.6 is 15.9 Å². The average Bonchev–Trinajstić information content (AvgIpc) is 2.14. The van der Waals surface area contributed by atoms with Crippen molar-refractivity contribution in [3.8, 4) is 0 Å². The van der Waals surface area contributed by atoms with Crippen LogP contribution in [-0.4, -0.2) is 11.7 Å². The molecule has 1 N–H and O–H groups in total. The Balaban J connectivity index is 2.78. The van der Waals surface area contributed by atoms with Gasteiger partial charge in [-0.1, -0.05) is 41.9 Å². The molecule has 1 nitrogen and oxygen atoms in total. The molecule has 0 aromatic heterocycles. The topological polar surface area (TPSA) is 20.2 Å². The Kier molecular flexibility index (Phi) is 4.63. The van der Waals surface area contributed by atoms with Crippen LogP contribution in [0.3, 0.4) is 0 Å². The number of aryl methyl sites for hydroxylation is 1. The van der Waals surface area contributed by atoms with E-state index >= 15 is 0 Å². The molecule has 0 spiro atoms. The fourth-order valence-corrected chi connectivity index (χ4v) is 2.36. The van der Waals surface area contributed by atoms with E-state index in [1.807, 2.05) is 0 Å². The first-order valence-corrected chi connectivity index (χ1v) is 5.83. The van der Waals surface area contributed by atoms with E-state index in [9.17, 15) is 0 Å². The Morgan fingerprint density at radius 3 is 2.57 bits per heavy atom. The third-order valence-corrected chi connectivity index (χ3v) is 3.00. The molecule has 0 unspecified atom stereocenters. The van der Waals surface area contributed by atoms with Gasteiger partial charge < -0.3 is 5.11 Å². The Morgan fingerprint density at radius 2 is 2.07 bits per heavy atom. The van der Waals surface area contributed by atoms with Crippen LogP contribution in [0.4, 0.5) is 0 Å². The third-order valence-electron chi connectivity index (χ3n) is 2.31. The second-order valence-electron chi connectivity index (χ2n) is 3.84. The Morgan fingerprint density at radius 1 is 1.36 bits per heavy atom. The van der Waals surface area contributed by atoms with Gasteiger partial charge in [-0.25, -0.2) is 0 Å². The molecule has 0 aliphatic heterocycles. The van der Waals surface area contributed by atoms with E-state index in [2.05, 4.69) is 48.0 Å². The Hall–Kier alpha value is -0.340. The van der Waals surface area contributed by atoms with Gasteiger partial charge in [0.2, 0.25) is 0 Å². The summed E-state index contributed by atoms with van der Waals surface area (Å²) in [6.07, 6.45) is 1.79. The van der Waals surface area contributed by atoms with E-state index < -0.39 is 0 Å². The van der Waals surface area contributed by atoms with Crippen LogP contribution in [0, 0.1) is 0 Å². The lowest BCUT2D eigenvalue weighted by Gasteiger charge is -2.09. The molecule has 0 saturated carbocycles. The van der Waals surface area contributed by atoms with Crippen molar-refractivity contribution in [1.82, 2.24) is 0 Å². The molecule has 0 fully saturated rings. The lowest BCUT2D eigenvalue weighted by Crippen LogP contribution is -1.93. The van der Waals surface area contributed by atoms with Crippen molar-refractivity contribution < 1.29 is 5.11 Å². The molecule has 2 heteroatoms. The van der Waals surface area contributed by atoms with Crippen molar-refractivity contribution in [3.63, 3.8) is 0 Å². The number of benzene rings is 1. The highest BCUT2D eigenvalue weighted by Crippen LogP contribution is 2.25. The second-order valence-corrected chi connectivity index (χ2v) is 4.69. The highest BCUT2D eigenvalue weighted by atomic mass is 79.9. The maximum atomic E-state index is 8.73. The Labute approximate surface area is 94.3 Å². The van der Waals surface area contributed by atoms with Gasteiger partial charge in [0.05, 0.1) is 0 Å². The first-order valence-electron chi connectivity index (χ1n) is 5.04. The first-order chi connectivity index (χ1) is 6.65. The van der Waals surface area contributed by atoms with Crippen LogP contribution in [-0.2, 0) is 6.42 Å². The minimum absolute atomic E-state index is 0.267. The molecule has 1 aromatic carbocycles. The summed E-state index contributed by atoms with van der Waals surface area (Å²) in [6.45, 7) is 4.64. The van der Waals surface area contributed by atoms with Crippen LogP contribution < -0.4 is 0 Å². The molecule has 0 aliphatic carbocycles. The molecule has 0 amide bonds. The summed E-state index contributed by atoms with van der Waals surface area (Å²) in [5.41, 5.74) is 2.63. The molecule has 0 saturated heterocycles. The van der Waals surface area contributed by atoms with E-state index in [1.54, 1.807) is 0 Å². The van der Waals surface area contributed by atoms with Crippen molar-refractivity contribution in [2.75, 3.05) is 6.61 Å². The summed E-state index contributed by atoms with van der Waals surface area (Å²) in [7, 11) is 0. The van der Waals surface area contributed by atoms with Crippen molar-refractivity contribution in [2.45, 2.75) is 32.6 Å². The van der Waals surface area contributed by atoms with Gasteiger partial charge in [-0.2, -0.15) is 0 Å². The smallest absolute Gasteiger partial charge is 0.0434 e.